The van der Waals surface area contributed by atoms with Gasteiger partial charge in [-0.05, 0) is 51.1 Å². The maximum atomic E-state index is 12.3. The number of amides is 2. The Kier molecular flexibility index (Phi) is 6.45. The number of rotatable bonds is 5. The van der Waals surface area contributed by atoms with Crippen molar-refractivity contribution < 1.29 is 28.3 Å². The first kappa shape index (κ1) is 22.4. The Morgan fingerprint density at radius 2 is 1.81 bits per heavy atom. The Hall–Kier alpha value is -4.32. The smallest absolute Gasteiger partial charge is 0.412 e. The van der Waals surface area contributed by atoms with Gasteiger partial charge in [0.2, 0.25) is 5.76 Å². The molecule has 0 aliphatic heterocycles. The molecule has 0 atom stereocenters. The highest BCUT2D eigenvalue weighted by Crippen LogP contribution is 2.30. The van der Waals surface area contributed by atoms with Crippen LogP contribution in [0.25, 0.3) is 11.0 Å². The first-order valence-electron chi connectivity index (χ1n) is 9.65. The average molecular weight is 435 g/mol. The quantitative estimate of drug-likeness (QED) is 0.566. The molecule has 0 fully saturated rings. The van der Waals surface area contributed by atoms with E-state index in [4.69, 9.17) is 13.9 Å². The maximum absolute atomic E-state index is 12.3. The highest BCUT2D eigenvalue weighted by Gasteiger charge is 2.19. The summed E-state index contributed by atoms with van der Waals surface area (Å²) in [6.07, 6.45) is -0.664. The van der Waals surface area contributed by atoms with Crippen LogP contribution in [0, 0.1) is 11.3 Å². The predicted octanol–water partition coefficient (Wildman–Crippen LogP) is 4.45. The standard InChI is InChI=1S/C23H21N3O6/c1-23(2,3)32-22(29)25-15-8-6-7-14(11-15)21(28)30-13-19(27)26-20-16-9-4-5-10-17(16)31-18(20)12-24/h4-11H,13H2,1-3H3,(H,25,29)(H,26,27). The second-order valence-electron chi connectivity index (χ2n) is 7.75. The van der Waals surface area contributed by atoms with Crippen LogP contribution in [-0.4, -0.2) is 30.2 Å². The molecule has 2 N–H and O–H groups in total. The van der Waals surface area contributed by atoms with Gasteiger partial charge in [-0.1, -0.05) is 18.2 Å². The van der Waals surface area contributed by atoms with Crippen molar-refractivity contribution in [3.8, 4) is 6.07 Å². The summed E-state index contributed by atoms with van der Waals surface area (Å²) in [6, 6.07) is 14.8. The van der Waals surface area contributed by atoms with Crippen LogP contribution in [0.1, 0.15) is 36.9 Å². The normalized spacial score (nSPS) is 10.8. The molecular formula is C23H21N3O6. The van der Waals surface area contributed by atoms with E-state index in [1.54, 1.807) is 57.2 Å². The first-order chi connectivity index (χ1) is 15.2. The Morgan fingerprint density at radius 3 is 2.53 bits per heavy atom. The lowest BCUT2D eigenvalue weighted by molar-refractivity contribution is -0.119. The average Bonchev–Trinajstić information content (AvgIpc) is 3.08. The van der Waals surface area contributed by atoms with E-state index in [2.05, 4.69) is 10.6 Å². The Morgan fingerprint density at radius 1 is 1.06 bits per heavy atom. The number of para-hydroxylation sites is 1. The lowest BCUT2D eigenvalue weighted by atomic mass is 10.2. The minimum Gasteiger partial charge on any atom is -0.452 e. The summed E-state index contributed by atoms with van der Waals surface area (Å²) in [5.74, 6) is -1.44. The molecule has 0 bridgehead atoms. The van der Waals surface area contributed by atoms with E-state index in [1.807, 2.05) is 6.07 Å². The molecule has 2 amide bonds. The van der Waals surface area contributed by atoms with Crippen molar-refractivity contribution in [3.63, 3.8) is 0 Å². The highest BCUT2D eigenvalue weighted by atomic mass is 16.6. The summed E-state index contributed by atoms with van der Waals surface area (Å²) in [7, 11) is 0. The van der Waals surface area contributed by atoms with Crippen molar-refractivity contribution in [1.82, 2.24) is 0 Å². The molecule has 0 radical (unpaired) electrons. The number of furan rings is 1. The minimum atomic E-state index is -0.759. The summed E-state index contributed by atoms with van der Waals surface area (Å²) in [5.41, 5.74) is 0.470. The maximum Gasteiger partial charge on any atom is 0.412 e. The number of carbonyl (C=O) groups is 3. The number of hydrogen-bond donors (Lipinski definition) is 2. The van der Waals surface area contributed by atoms with Gasteiger partial charge in [0.05, 0.1) is 5.56 Å². The zero-order valence-electron chi connectivity index (χ0n) is 17.7. The summed E-state index contributed by atoms with van der Waals surface area (Å²) in [5, 5.41) is 14.9. The molecule has 0 saturated heterocycles. The molecular weight excluding hydrogens is 414 g/mol. The van der Waals surface area contributed by atoms with Gasteiger partial charge >= 0.3 is 12.1 Å². The Balaban J connectivity index is 1.61. The van der Waals surface area contributed by atoms with E-state index in [0.29, 0.717) is 16.7 Å². The molecule has 0 saturated carbocycles. The predicted molar refractivity (Wildman–Crippen MR) is 116 cm³/mol. The minimum absolute atomic E-state index is 0.0493. The second-order valence-corrected chi connectivity index (χ2v) is 7.75. The van der Waals surface area contributed by atoms with Crippen molar-refractivity contribution in [2.45, 2.75) is 26.4 Å². The molecule has 2 aromatic carbocycles. The van der Waals surface area contributed by atoms with Crippen molar-refractivity contribution >= 4 is 40.3 Å². The van der Waals surface area contributed by atoms with Gasteiger partial charge in [0, 0.05) is 11.1 Å². The highest BCUT2D eigenvalue weighted by molar-refractivity contribution is 6.04. The molecule has 3 rings (SSSR count). The number of carbonyl (C=O) groups excluding carboxylic acids is 3. The summed E-state index contributed by atoms with van der Waals surface area (Å²) in [6.45, 7) is 4.62. The Labute approximate surface area is 183 Å². The fourth-order valence-electron chi connectivity index (χ4n) is 2.78. The summed E-state index contributed by atoms with van der Waals surface area (Å²) >= 11 is 0. The number of nitriles is 1. The molecule has 9 heteroatoms. The monoisotopic (exact) mass is 435 g/mol. The molecule has 164 valence electrons. The van der Waals surface area contributed by atoms with Gasteiger partial charge in [0.15, 0.2) is 6.61 Å². The van der Waals surface area contributed by atoms with Crippen LogP contribution in [0.2, 0.25) is 0 Å². The van der Waals surface area contributed by atoms with E-state index < -0.39 is 30.2 Å². The van der Waals surface area contributed by atoms with Gasteiger partial charge in [0.1, 0.15) is 22.9 Å². The van der Waals surface area contributed by atoms with Gasteiger partial charge in [-0.15, -0.1) is 0 Å². The van der Waals surface area contributed by atoms with E-state index >= 15 is 0 Å². The Bertz CT molecular complexity index is 1220. The van der Waals surface area contributed by atoms with Crippen LogP contribution in [-0.2, 0) is 14.3 Å². The number of ether oxygens (including phenoxy) is 2. The van der Waals surface area contributed by atoms with Crippen molar-refractivity contribution in [2.24, 2.45) is 0 Å². The molecule has 0 unspecified atom stereocenters. The second kappa shape index (κ2) is 9.22. The molecule has 1 aromatic heterocycles. The number of anilines is 2. The van der Waals surface area contributed by atoms with E-state index in [0.717, 1.165) is 0 Å². The van der Waals surface area contributed by atoms with Crippen LogP contribution < -0.4 is 10.6 Å². The van der Waals surface area contributed by atoms with E-state index in [9.17, 15) is 19.6 Å². The van der Waals surface area contributed by atoms with Crippen LogP contribution in [0.4, 0.5) is 16.2 Å². The molecule has 0 spiro atoms. The van der Waals surface area contributed by atoms with E-state index in [-0.39, 0.29) is 17.0 Å². The number of esters is 1. The summed E-state index contributed by atoms with van der Waals surface area (Å²) in [4.78, 5) is 36.5. The SMILES string of the molecule is CC(C)(C)OC(=O)Nc1cccc(C(=O)OCC(=O)Nc2c(C#N)oc3ccccc23)c1. The zero-order valence-corrected chi connectivity index (χ0v) is 17.7. The fraction of sp³-hybridized carbons (Fsp3) is 0.217. The van der Waals surface area contributed by atoms with Gasteiger partial charge in [-0.25, -0.2) is 9.59 Å². The third kappa shape index (κ3) is 5.64. The van der Waals surface area contributed by atoms with Crippen molar-refractivity contribution in [3.05, 3.63) is 59.9 Å². The van der Waals surface area contributed by atoms with Crippen LogP contribution in [0.3, 0.4) is 0 Å². The van der Waals surface area contributed by atoms with Crippen LogP contribution >= 0.6 is 0 Å². The molecule has 9 nitrogen and oxygen atoms in total. The molecule has 32 heavy (non-hydrogen) atoms. The van der Waals surface area contributed by atoms with Crippen LogP contribution in [0.5, 0.6) is 0 Å². The van der Waals surface area contributed by atoms with Gasteiger partial charge in [-0.2, -0.15) is 5.26 Å². The largest absolute Gasteiger partial charge is 0.452 e. The van der Waals surface area contributed by atoms with Crippen LogP contribution in [0.15, 0.2) is 52.9 Å². The van der Waals surface area contributed by atoms with E-state index in [1.165, 1.54) is 12.1 Å². The zero-order chi connectivity index (χ0) is 23.3. The topological polar surface area (TPSA) is 131 Å². The first-order valence-corrected chi connectivity index (χ1v) is 9.65. The van der Waals surface area contributed by atoms with Crippen molar-refractivity contribution in [2.75, 3.05) is 17.2 Å². The van der Waals surface area contributed by atoms with Gasteiger partial charge in [-0.3, -0.25) is 10.1 Å². The number of fused-ring (bicyclic) bond motifs is 1. The third-order valence-electron chi connectivity index (χ3n) is 4.04. The number of nitrogens with zero attached hydrogens (tertiary/aromatic N) is 1. The third-order valence-corrected chi connectivity index (χ3v) is 4.04. The number of hydrogen-bond acceptors (Lipinski definition) is 7. The molecule has 0 aliphatic rings. The summed E-state index contributed by atoms with van der Waals surface area (Å²) < 4.78 is 15.6. The van der Waals surface area contributed by atoms with Gasteiger partial charge in [0.25, 0.3) is 5.91 Å². The van der Waals surface area contributed by atoms with Gasteiger partial charge < -0.3 is 19.2 Å². The fourth-order valence-corrected chi connectivity index (χ4v) is 2.78. The molecule has 1 heterocycles. The lowest BCUT2D eigenvalue weighted by Crippen LogP contribution is -2.27. The molecule has 3 aromatic rings. The molecule has 0 aliphatic carbocycles. The lowest BCUT2D eigenvalue weighted by Gasteiger charge is -2.19. The number of nitrogens with one attached hydrogen (secondary N) is 2. The number of benzene rings is 2. The van der Waals surface area contributed by atoms with Crippen molar-refractivity contribution in [1.29, 1.82) is 5.26 Å².